The first-order valence-corrected chi connectivity index (χ1v) is 5.01. The van der Waals surface area contributed by atoms with Crippen LogP contribution in [0, 0.1) is 0 Å². The third-order valence-electron chi connectivity index (χ3n) is 2.73. The Hall–Kier alpha value is -1.39. The highest BCUT2D eigenvalue weighted by Gasteiger charge is 2.21. The molecule has 1 aromatic carbocycles. The van der Waals surface area contributed by atoms with Gasteiger partial charge in [0, 0.05) is 19.6 Å². The highest BCUT2D eigenvalue weighted by molar-refractivity contribution is 5.79. The molecule has 1 aromatic rings. The summed E-state index contributed by atoms with van der Waals surface area (Å²) in [7, 11) is 0. The maximum absolute atomic E-state index is 10.8. The lowest BCUT2D eigenvalue weighted by atomic mass is 10.1. The van der Waals surface area contributed by atoms with Crippen molar-refractivity contribution >= 4 is 5.91 Å². The van der Waals surface area contributed by atoms with E-state index in [1.807, 2.05) is 12.1 Å². The predicted molar refractivity (Wildman–Crippen MR) is 57.7 cm³/mol. The fourth-order valence-electron chi connectivity index (χ4n) is 1.90. The molecule has 4 heteroatoms. The Morgan fingerprint density at radius 2 is 1.87 bits per heavy atom. The normalized spacial score (nSPS) is 17.4. The Morgan fingerprint density at radius 3 is 2.33 bits per heavy atom. The van der Waals surface area contributed by atoms with E-state index >= 15 is 0 Å². The second-order valence-electron chi connectivity index (χ2n) is 3.95. The van der Waals surface area contributed by atoms with Crippen molar-refractivity contribution in [2.75, 3.05) is 6.54 Å². The van der Waals surface area contributed by atoms with Gasteiger partial charge in [-0.2, -0.15) is 0 Å². The number of amides is 1. The molecule has 0 saturated heterocycles. The first kappa shape index (κ1) is 10.1. The van der Waals surface area contributed by atoms with Crippen LogP contribution in [-0.4, -0.2) is 23.4 Å². The molecule has 1 unspecified atom stereocenters. The predicted octanol–water partition coefficient (Wildman–Crippen LogP) is -0.185. The van der Waals surface area contributed by atoms with Gasteiger partial charge < -0.3 is 11.5 Å². The summed E-state index contributed by atoms with van der Waals surface area (Å²) in [6.45, 7) is 2.25. The van der Waals surface area contributed by atoms with Gasteiger partial charge >= 0.3 is 0 Å². The van der Waals surface area contributed by atoms with Gasteiger partial charge in [0.05, 0.1) is 6.04 Å². The minimum Gasteiger partial charge on any atom is -0.368 e. The van der Waals surface area contributed by atoms with Crippen molar-refractivity contribution in [3.05, 3.63) is 35.4 Å². The third-order valence-corrected chi connectivity index (χ3v) is 2.73. The Labute approximate surface area is 88.9 Å². The van der Waals surface area contributed by atoms with Gasteiger partial charge in [-0.15, -0.1) is 0 Å². The molecule has 0 aromatic heterocycles. The molecule has 0 fully saturated rings. The van der Waals surface area contributed by atoms with E-state index < -0.39 is 11.9 Å². The largest absolute Gasteiger partial charge is 0.368 e. The lowest BCUT2D eigenvalue weighted by Gasteiger charge is -2.17. The molecule has 0 bridgehead atoms. The van der Waals surface area contributed by atoms with Crippen LogP contribution in [-0.2, 0) is 17.9 Å². The Bertz CT molecular complexity index is 353. The Kier molecular flexibility index (Phi) is 2.70. The number of primary amides is 1. The fraction of sp³-hybridized carbons (Fsp3) is 0.364. The van der Waals surface area contributed by atoms with Crippen LogP contribution in [0.2, 0.25) is 0 Å². The lowest BCUT2D eigenvalue weighted by molar-refractivity contribution is -0.119. The van der Waals surface area contributed by atoms with E-state index in [4.69, 9.17) is 11.5 Å². The van der Waals surface area contributed by atoms with Crippen LogP contribution in [0.25, 0.3) is 0 Å². The van der Waals surface area contributed by atoms with E-state index in [0.717, 1.165) is 13.1 Å². The number of hydrogen-bond acceptors (Lipinski definition) is 3. The molecule has 1 heterocycles. The van der Waals surface area contributed by atoms with Gasteiger partial charge in [-0.05, 0) is 11.1 Å². The van der Waals surface area contributed by atoms with Gasteiger partial charge in [0.1, 0.15) is 0 Å². The number of nitrogens with zero attached hydrogens (tertiary/aromatic N) is 1. The molecule has 1 aliphatic heterocycles. The summed E-state index contributed by atoms with van der Waals surface area (Å²) < 4.78 is 0. The number of benzene rings is 1. The first-order chi connectivity index (χ1) is 7.16. The van der Waals surface area contributed by atoms with E-state index in [1.54, 1.807) is 0 Å². The van der Waals surface area contributed by atoms with Crippen molar-refractivity contribution < 1.29 is 4.79 Å². The average Bonchev–Trinajstić information content (AvgIpc) is 2.59. The summed E-state index contributed by atoms with van der Waals surface area (Å²) >= 11 is 0. The van der Waals surface area contributed by atoms with Crippen molar-refractivity contribution in [3.8, 4) is 0 Å². The monoisotopic (exact) mass is 205 g/mol. The van der Waals surface area contributed by atoms with E-state index in [1.165, 1.54) is 11.1 Å². The summed E-state index contributed by atoms with van der Waals surface area (Å²) in [5, 5.41) is 0. The number of rotatable bonds is 3. The number of carbonyl (C=O) groups excluding carboxylic acids is 1. The number of hydrogen-bond donors (Lipinski definition) is 2. The van der Waals surface area contributed by atoms with Crippen molar-refractivity contribution in [1.82, 2.24) is 4.90 Å². The van der Waals surface area contributed by atoms with E-state index in [0.29, 0.717) is 6.54 Å². The van der Waals surface area contributed by atoms with Crippen molar-refractivity contribution in [2.24, 2.45) is 11.5 Å². The second kappa shape index (κ2) is 4.00. The summed E-state index contributed by atoms with van der Waals surface area (Å²) in [5.74, 6) is -0.439. The van der Waals surface area contributed by atoms with Gasteiger partial charge in [0.2, 0.25) is 5.91 Å². The van der Waals surface area contributed by atoms with E-state index in [-0.39, 0.29) is 0 Å². The van der Waals surface area contributed by atoms with Gasteiger partial charge in [-0.1, -0.05) is 24.3 Å². The molecule has 15 heavy (non-hydrogen) atoms. The van der Waals surface area contributed by atoms with Gasteiger partial charge in [-0.25, -0.2) is 0 Å². The van der Waals surface area contributed by atoms with Crippen molar-refractivity contribution in [2.45, 2.75) is 19.1 Å². The lowest BCUT2D eigenvalue weighted by Crippen LogP contribution is -2.44. The summed E-state index contributed by atoms with van der Waals surface area (Å²) in [5.41, 5.74) is 13.4. The van der Waals surface area contributed by atoms with E-state index in [9.17, 15) is 4.79 Å². The maximum atomic E-state index is 10.8. The maximum Gasteiger partial charge on any atom is 0.235 e. The van der Waals surface area contributed by atoms with Gasteiger partial charge in [-0.3, -0.25) is 9.69 Å². The summed E-state index contributed by atoms with van der Waals surface area (Å²) in [6, 6.07) is 7.68. The molecule has 1 amide bonds. The average molecular weight is 205 g/mol. The Morgan fingerprint density at radius 1 is 1.33 bits per heavy atom. The Balaban J connectivity index is 1.99. The zero-order valence-corrected chi connectivity index (χ0v) is 8.52. The molecule has 0 spiro atoms. The third kappa shape index (κ3) is 2.16. The van der Waals surface area contributed by atoms with Gasteiger partial charge in [0.15, 0.2) is 0 Å². The van der Waals surface area contributed by atoms with Crippen molar-refractivity contribution in [1.29, 1.82) is 0 Å². The van der Waals surface area contributed by atoms with Crippen LogP contribution < -0.4 is 11.5 Å². The zero-order valence-electron chi connectivity index (χ0n) is 8.52. The van der Waals surface area contributed by atoms with Crippen LogP contribution >= 0.6 is 0 Å². The SMILES string of the molecule is NC(=O)C(N)CN1Cc2ccccc2C1. The molecule has 4 nitrogen and oxygen atoms in total. The topological polar surface area (TPSA) is 72.3 Å². The molecule has 4 N–H and O–H groups in total. The van der Waals surface area contributed by atoms with Crippen molar-refractivity contribution in [3.63, 3.8) is 0 Å². The molecular weight excluding hydrogens is 190 g/mol. The molecule has 1 atom stereocenters. The molecule has 0 aliphatic carbocycles. The summed E-state index contributed by atoms with van der Waals surface area (Å²) in [4.78, 5) is 13.0. The summed E-state index contributed by atoms with van der Waals surface area (Å²) in [6.07, 6.45) is 0. The highest BCUT2D eigenvalue weighted by Crippen LogP contribution is 2.21. The molecule has 0 radical (unpaired) electrons. The number of nitrogens with two attached hydrogens (primary N) is 2. The van der Waals surface area contributed by atoms with E-state index in [2.05, 4.69) is 17.0 Å². The van der Waals surface area contributed by atoms with Crippen LogP contribution in [0.1, 0.15) is 11.1 Å². The molecule has 0 saturated carbocycles. The minimum absolute atomic E-state index is 0.439. The van der Waals surface area contributed by atoms with Crippen LogP contribution in [0.3, 0.4) is 0 Å². The highest BCUT2D eigenvalue weighted by atomic mass is 16.1. The minimum atomic E-state index is -0.570. The molecule has 2 rings (SSSR count). The van der Waals surface area contributed by atoms with Gasteiger partial charge in [0.25, 0.3) is 0 Å². The molecule has 80 valence electrons. The molecule has 1 aliphatic rings. The van der Waals surface area contributed by atoms with Crippen LogP contribution in [0.5, 0.6) is 0 Å². The standard InChI is InChI=1S/C11H15N3O/c12-10(11(13)15)7-14-5-8-3-1-2-4-9(8)6-14/h1-4,10H,5-7,12H2,(H2,13,15). The van der Waals surface area contributed by atoms with Crippen LogP contribution in [0.4, 0.5) is 0 Å². The quantitative estimate of drug-likeness (QED) is 0.718. The molecular formula is C11H15N3O. The fourth-order valence-corrected chi connectivity index (χ4v) is 1.90. The number of fused-ring (bicyclic) bond motifs is 1. The smallest absolute Gasteiger partial charge is 0.235 e. The van der Waals surface area contributed by atoms with Crippen LogP contribution in [0.15, 0.2) is 24.3 Å². The zero-order chi connectivity index (χ0) is 10.8. The number of carbonyl (C=O) groups is 1. The first-order valence-electron chi connectivity index (χ1n) is 5.01. The second-order valence-corrected chi connectivity index (χ2v) is 3.95.